The van der Waals surface area contributed by atoms with Crippen LogP contribution < -0.4 is 5.32 Å². The molecule has 3 heteroatoms. The molecule has 0 aromatic carbocycles. The Morgan fingerprint density at radius 3 is 2.88 bits per heavy atom. The van der Waals surface area contributed by atoms with Crippen LogP contribution in [0.5, 0.6) is 0 Å². The molecule has 1 N–H and O–H groups in total. The molecule has 1 aromatic heterocycles. The lowest BCUT2D eigenvalue weighted by Crippen LogP contribution is -2.42. The van der Waals surface area contributed by atoms with Crippen molar-refractivity contribution < 1.29 is 0 Å². The minimum Gasteiger partial charge on any atom is -0.315 e. The van der Waals surface area contributed by atoms with E-state index in [9.17, 15) is 0 Å². The van der Waals surface area contributed by atoms with Crippen LogP contribution >= 0.6 is 0 Å². The molecule has 2 aliphatic heterocycles. The number of hydrogen-bond donors (Lipinski definition) is 1. The molecule has 3 heterocycles. The maximum absolute atomic E-state index is 4.58. The number of likely N-dealkylation sites (tertiary alicyclic amines) is 1. The van der Waals surface area contributed by atoms with Crippen LogP contribution in [0, 0.1) is 5.41 Å². The van der Waals surface area contributed by atoms with E-state index in [4.69, 9.17) is 0 Å². The summed E-state index contributed by atoms with van der Waals surface area (Å²) < 4.78 is 0. The summed E-state index contributed by atoms with van der Waals surface area (Å²) >= 11 is 0. The third-order valence-electron chi connectivity index (χ3n) is 4.59. The lowest BCUT2D eigenvalue weighted by Gasteiger charge is -2.41. The first kappa shape index (κ1) is 11.2. The number of piperidine rings is 1. The monoisotopic (exact) mass is 231 g/mol. The number of nitrogens with one attached hydrogen (secondary N) is 1. The molecule has 2 aliphatic rings. The molecule has 0 amide bonds. The van der Waals surface area contributed by atoms with Crippen LogP contribution in [0.2, 0.25) is 0 Å². The molecule has 92 valence electrons. The minimum absolute atomic E-state index is 0.459. The van der Waals surface area contributed by atoms with Gasteiger partial charge in [0.2, 0.25) is 0 Å². The van der Waals surface area contributed by atoms with Gasteiger partial charge in [0.25, 0.3) is 0 Å². The fraction of sp³-hybridized carbons (Fsp3) is 0.643. The molecule has 1 atom stereocenters. The van der Waals surface area contributed by atoms with E-state index in [1.807, 2.05) is 12.3 Å². The van der Waals surface area contributed by atoms with Gasteiger partial charge in [0.1, 0.15) is 0 Å². The van der Waals surface area contributed by atoms with Crippen LogP contribution in [0.25, 0.3) is 0 Å². The summed E-state index contributed by atoms with van der Waals surface area (Å²) in [6.45, 7) is 4.72. The highest BCUT2D eigenvalue weighted by Crippen LogP contribution is 2.45. The molecule has 0 radical (unpaired) electrons. The maximum Gasteiger partial charge on any atom is 0.0453 e. The molecule has 2 saturated heterocycles. The van der Waals surface area contributed by atoms with Gasteiger partial charge in [-0.1, -0.05) is 6.07 Å². The molecule has 17 heavy (non-hydrogen) atoms. The first-order valence-corrected chi connectivity index (χ1v) is 6.60. The Labute approximate surface area is 103 Å². The Hall–Kier alpha value is -0.930. The summed E-state index contributed by atoms with van der Waals surface area (Å²) in [7, 11) is 2.23. The molecule has 3 rings (SSSR count). The number of hydrogen-bond acceptors (Lipinski definition) is 3. The second-order valence-electron chi connectivity index (χ2n) is 5.60. The van der Waals surface area contributed by atoms with Crippen LogP contribution in [0.4, 0.5) is 0 Å². The Balaban J connectivity index is 1.85. The number of pyridine rings is 1. The third kappa shape index (κ3) is 1.98. The Kier molecular flexibility index (Phi) is 2.89. The number of aromatic nitrogens is 1. The quantitative estimate of drug-likeness (QED) is 0.793. The van der Waals surface area contributed by atoms with Crippen molar-refractivity contribution >= 4 is 0 Å². The molecule has 3 nitrogen and oxygen atoms in total. The normalized spacial score (nSPS) is 28.6. The van der Waals surface area contributed by atoms with E-state index in [2.05, 4.69) is 34.4 Å². The zero-order chi connectivity index (χ0) is 11.7. The van der Waals surface area contributed by atoms with E-state index >= 15 is 0 Å². The van der Waals surface area contributed by atoms with Crippen LogP contribution in [-0.4, -0.2) is 43.1 Å². The van der Waals surface area contributed by atoms with E-state index in [1.54, 1.807) is 0 Å². The van der Waals surface area contributed by atoms with Crippen LogP contribution in [0.3, 0.4) is 0 Å². The predicted octanol–water partition coefficient (Wildman–Crippen LogP) is 1.48. The molecule has 0 saturated carbocycles. The van der Waals surface area contributed by atoms with Crippen LogP contribution in [0.15, 0.2) is 24.4 Å². The Morgan fingerprint density at radius 2 is 2.18 bits per heavy atom. The van der Waals surface area contributed by atoms with Crippen molar-refractivity contribution in [1.29, 1.82) is 0 Å². The summed E-state index contributed by atoms with van der Waals surface area (Å²) in [6.07, 6.45) is 4.53. The SMILES string of the molecule is CN1CCC2(CC1)CNCC2c1ccccn1. The van der Waals surface area contributed by atoms with Gasteiger partial charge in [-0.2, -0.15) is 0 Å². The lowest BCUT2D eigenvalue weighted by molar-refractivity contribution is 0.122. The predicted molar refractivity (Wildman–Crippen MR) is 69.0 cm³/mol. The highest BCUT2D eigenvalue weighted by Gasteiger charge is 2.45. The topological polar surface area (TPSA) is 28.2 Å². The molecule has 0 bridgehead atoms. The molecule has 1 spiro atoms. The van der Waals surface area contributed by atoms with Gasteiger partial charge in [-0.15, -0.1) is 0 Å². The smallest absolute Gasteiger partial charge is 0.0453 e. The summed E-state index contributed by atoms with van der Waals surface area (Å²) in [5.74, 6) is 0.609. The molecular weight excluding hydrogens is 210 g/mol. The van der Waals surface area contributed by atoms with Gasteiger partial charge in [0.05, 0.1) is 0 Å². The largest absolute Gasteiger partial charge is 0.315 e. The first-order valence-electron chi connectivity index (χ1n) is 6.60. The van der Waals surface area contributed by atoms with E-state index in [0.717, 1.165) is 6.54 Å². The van der Waals surface area contributed by atoms with Crippen LogP contribution in [0.1, 0.15) is 24.5 Å². The fourth-order valence-corrected chi connectivity index (χ4v) is 3.39. The molecule has 1 aromatic rings. The van der Waals surface area contributed by atoms with E-state index in [1.165, 1.54) is 38.2 Å². The second-order valence-corrected chi connectivity index (χ2v) is 5.60. The highest BCUT2D eigenvalue weighted by molar-refractivity contribution is 5.18. The number of nitrogens with zero attached hydrogens (tertiary/aromatic N) is 2. The van der Waals surface area contributed by atoms with Crippen molar-refractivity contribution in [2.75, 3.05) is 33.2 Å². The van der Waals surface area contributed by atoms with E-state index in [0.29, 0.717) is 11.3 Å². The van der Waals surface area contributed by atoms with Crippen molar-refractivity contribution in [3.05, 3.63) is 30.1 Å². The molecular formula is C14H21N3. The van der Waals surface area contributed by atoms with Gasteiger partial charge in [0, 0.05) is 30.9 Å². The van der Waals surface area contributed by atoms with E-state index < -0.39 is 0 Å². The standard InChI is InChI=1S/C14H21N3/c1-17-8-5-14(6-9-17)11-15-10-12(14)13-4-2-3-7-16-13/h2-4,7,12,15H,5-6,8-11H2,1H3. The van der Waals surface area contributed by atoms with Gasteiger partial charge in [0.15, 0.2) is 0 Å². The average molecular weight is 231 g/mol. The van der Waals surface area contributed by atoms with Gasteiger partial charge < -0.3 is 10.2 Å². The van der Waals surface area contributed by atoms with Crippen molar-refractivity contribution in [2.45, 2.75) is 18.8 Å². The van der Waals surface area contributed by atoms with Gasteiger partial charge in [-0.05, 0) is 50.5 Å². The van der Waals surface area contributed by atoms with E-state index in [-0.39, 0.29) is 0 Å². The lowest BCUT2D eigenvalue weighted by atomic mass is 9.69. The zero-order valence-corrected chi connectivity index (χ0v) is 10.5. The van der Waals surface area contributed by atoms with Crippen molar-refractivity contribution in [1.82, 2.24) is 15.2 Å². The molecule has 0 aliphatic carbocycles. The summed E-state index contributed by atoms with van der Waals surface area (Å²) in [6, 6.07) is 6.31. The Bertz CT molecular complexity index is 368. The minimum atomic E-state index is 0.459. The van der Waals surface area contributed by atoms with Crippen molar-refractivity contribution in [2.24, 2.45) is 5.41 Å². The van der Waals surface area contributed by atoms with Gasteiger partial charge in [-0.25, -0.2) is 0 Å². The van der Waals surface area contributed by atoms with Crippen molar-refractivity contribution in [3.8, 4) is 0 Å². The molecule has 1 unspecified atom stereocenters. The average Bonchev–Trinajstić information content (AvgIpc) is 2.78. The fourth-order valence-electron chi connectivity index (χ4n) is 3.39. The number of rotatable bonds is 1. The van der Waals surface area contributed by atoms with Gasteiger partial charge in [-0.3, -0.25) is 4.98 Å². The zero-order valence-electron chi connectivity index (χ0n) is 10.5. The highest BCUT2D eigenvalue weighted by atomic mass is 15.1. The molecule has 2 fully saturated rings. The second kappa shape index (κ2) is 4.39. The summed E-state index contributed by atoms with van der Waals surface area (Å²) in [5.41, 5.74) is 1.74. The van der Waals surface area contributed by atoms with Gasteiger partial charge >= 0.3 is 0 Å². The van der Waals surface area contributed by atoms with Crippen LogP contribution in [-0.2, 0) is 0 Å². The van der Waals surface area contributed by atoms with Crippen molar-refractivity contribution in [3.63, 3.8) is 0 Å². The first-order chi connectivity index (χ1) is 8.30. The summed E-state index contributed by atoms with van der Waals surface area (Å²) in [5, 5.41) is 3.59. The third-order valence-corrected chi connectivity index (χ3v) is 4.59. The maximum atomic E-state index is 4.58. The summed E-state index contributed by atoms with van der Waals surface area (Å²) in [4.78, 5) is 7.02. The Morgan fingerprint density at radius 1 is 1.35 bits per heavy atom.